The molecule has 1 amide bonds. The molecule has 0 fully saturated rings. The maximum absolute atomic E-state index is 12.6. The maximum Gasteiger partial charge on any atom is 0.220 e. The average Bonchev–Trinajstić information content (AvgIpc) is 2.25. The van der Waals surface area contributed by atoms with Crippen LogP contribution < -0.4 is 5.73 Å². The SMILES string of the molecule is NC(=O)CC(OCCO)c1ccc(F)cn1. The number of carbonyl (C=O) groups is 1. The summed E-state index contributed by atoms with van der Waals surface area (Å²) in [6.45, 7) is -0.104. The van der Waals surface area contributed by atoms with E-state index < -0.39 is 17.8 Å². The van der Waals surface area contributed by atoms with Gasteiger partial charge >= 0.3 is 0 Å². The van der Waals surface area contributed by atoms with Crippen LogP contribution in [0.25, 0.3) is 0 Å². The van der Waals surface area contributed by atoms with Crippen LogP contribution in [-0.4, -0.2) is 29.2 Å². The highest BCUT2D eigenvalue weighted by Crippen LogP contribution is 2.18. The quantitative estimate of drug-likeness (QED) is 0.725. The zero-order chi connectivity index (χ0) is 12.0. The number of aromatic nitrogens is 1. The van der Waals surface area contributed by atoms with Crippen LogP contribution >= 0.6 is 0 Å². The third kappa shape index (κ3) is 3.92. The van der Waals surface area contributed by atoms with Gasteiger partial charge in [-0.1, -0.05) is 0 Å². The van der Waals surface area contributed by atoms with Crippen molar-refractivity contribution >= 4 is 5.91 Å². The number of amides is 1. The molecule has 1 atom stereocenters. The van der Waals surface area contributed by atoms with E-state index in [0.29, 0.717) is 5.69 Å². The predicted molar refractivity (Wildman–Crippen MR) is 53.8 cm³/mol. The van der Waals surface area contributed by atoms with Crippen molar-refractivity contribution in [2.75, 3.05) is 13.2 Å². The Morgan fingerprint density at radius 3 is 2.88 bits per heavy atom. The zero-order valence-electron chi connectivity index (χ0n) is 8.60. The molecule has 0 radical (unpaired) electrons. The molecule has 6 heteroatoms. The number of ether oxygens (including phenoxy) is 1. The molecule has 0 bridgehead atoms. The fourth-order valence-corrected chi connectivity index (χ4v) is 1.20. The molecule has 1 rings (SSSR count). The summed E-state index contributed by atoms with van der Waals surface area (Å²) in [5.41, 5.74) is 5.46. The van der Waals surface area contributed by atoms with E-state index in [1.807, 2.05) is 0 Å². The van der Waals surface area contributed by atoms with Crippen LogP contribution in [-0.2, 0) is 9.53 Å². The van der Waals surface area contributed by atoms with Crippen molar-refractivity contribution in [2.45, 2.75) is 12.5 Å². The van der Waals surface area contributed by atoms with E-state index in [2.05, 4.69) is 4.98 Å². The predicted octanol–water partition coefficient (Wildman–Crippen LogP) is 0.146. The fourth-order valence-electron chi connectivity index (χ4n) is 1.20. The minimum atomic E-state index is -0.648. The van der Waals surface area contributed by atoms with E-state index in [4.69, 9.17) is 15.6 Å². The smallest absolute Gasteiger partial charge is 0.220 e. The van der Waals surface area contributed by atoms with Gasteiger partial charge in [0, 0.05) is 0 Å². The molecule has 16 heavy (non-hydrogen) atoms. The molecule has 1 aromatic heterocycles. The molecule has 0 spiro atoms. The topological polar surface area (TPSA) is 85.4 Å². The molecule has 0 saturated heterocycles. The van der Waals surface area contributed by atoms with Gasteiger partial charge < -0.3 is 15.6 Å². The number of rotatable bonds is 6. The van der Waals surface area contributed by atoms with Crippen LogP contribution in [0.5, 0.6) is 0 Å². The van der Waals surface area contributed by atoms with Gasteiger partial charge in [-0.25, -0.2) is 4.39 Å². The van der Waals surface area contributed by atoms with Crippen molar-refractivity contribution < 1.29 is 19.0 Å². The Bertz CT molecular complexity index is 342. The Balaban J connectivity index is 2.74. The summed E-state index contributed by atoms with van der Waals surface area (Å²) in [5, 5.41) is 8.62. The van der Waals surface area contributed by atoms with Gasteiger partial charge in [0.05, 0.1) is 31.5 Å². The maximum atomic E-state index is 12.6. The summed E-state index contributed by atoms with van der Waals surface area (Å²) in [6.07, 6.45) is 0.329. The molecule has 0 aliphatic rings. The zero-order valence-corrected chi connectivity index (χ0v) is 8.60. The third-order valence-electron chi connectivity index (χ3n) is 1.88. The van der Waals surface area contributed by atoms with Crippen molar-refractivity contribution in [2.24, 2.45) is 5.73 Å². The average molecular weight is 228 g/mol. The third-order valence-corrected chi connectivity index (χ3v) is 1.88. The van der Waals surface area contributed by atoms with Gasteiger partial charge in [-0.15, -0.1) is 0 Å². The number of aliphatic hydroxyl groups is 1. The largest absolute Gasteiger partial charge is 0.394 e. The number of primary amides is 1. The van der Waals surface area contributed by atoms with Crippen molar-refractivity contribution in [3.63, 3.8) is 0 Å². The normalized spacial score (nSPS) is 12.4. The number of aliphatic hydroxyl groups excluding tert-OH is 1. The van der Waals surface area contributed by atoms with E-state index >= 15 is 0 Å². The van der Waals surface area contributed by atoms with Gasteiger partial charge in [-0.2, -0.15) is 0 Å². The second-order valence-corrected chi connectivity index (χ2v) is 3.15. The van der Waals surface area contributed by atoms with Crippen molar-refractivity contribution in [3.8, 4) is 0 Å². The van der Waals surface area contributed by atoms with Gasteiger partial charge in [0.25, 0.3) is 0 Å². The van der Waals surface area contributed by atoms with Crippen LogP contribution in [0.15, 0.2) is 18.3 Å². The summed E-state index contributed by atoms with van der Waals surface area (Å²) >= 11 is 0. The molecule has 0 saturated carbocycles. The number of carbonyl (C=O) groups excluding carboxylic acids is 1. The van der Waals surface area contributed by atoms with Crippen LogP contribution in [0.3, 0.4) is 0 Å². The fraction of sp³-hybridized carbons (Fsp3) is 0.400. The first-order valence-electron chi connectivity index (χ1n) is 4.75. The van der Waals surface area contributed by atoms with E-state index in [9.17, 15) is 9.18 Å². The number of nitrogens with zero attached hydrogens (tertiary/aromatic N) is 1. The van der Waals surface area contributed by atoms with Gasteiger partial charge in [0.15, 0.2) is 0 Å². The monoisotopic (exact) mass is 228 g/mol. The summed E-state index contributed by atoms with van der Waals surface area (Å²) in [6, 6.07) is 2.64. The number of nitrogens with two attached hydrogens (primary N) is 1. The molecular formula is C10H13FN2O3. The molecule has 1 aromatic rings. The van der Waals surface area contributed by atoms with Gasteiger partial charge in [-0.3, -0.25) is 9.78 Å². The van der Waals surface area contributed by atoms with Crippen molar-refractivity contribution in [1.82, 2.24) is 4.98 Å². The molecule has 5 nitrogen and oxygen atoms in total. The number of pyridine rings is 1. The van der Waals surface area contributed by atoms with Gasteiger partial charge in [0.1, 0.15) is 11.9 Å². The Morgan fingerprint density at radius 2 is 2.38 bits per heavy atom. The lowest BCUT2D eigenvalue weighted by Gasteiger charge is -2.15. The number of hydrogen-bond donors (Lipinski definition) is 2. The summed E-state index contributed by atoms with van der Waals surface area (Å²) in [7, 11) is 0. The molecular weight excluding hydrogens is 215 g/mol. The van der Waals surface area contributed by atoms with E-state index in [1.165, 1.54) is 12.1 Å². The lowest BCUT2D eigenvalue weighted by atomic mass is 10.1. The Hall–Kier alpha value is -1.53. The first-order valence-corrected chi connectivity index (χ1v) is 4.75. The van der Waals surface area contributed by atoms with E-state index in [1.54, 1.807) is 0 Å². The standard InChI is InChI=1S/C10H13FN2O3/c11-7-1-2-8(13-6-7)9(5-10(12)15)16-4-3-14/h1-2,6,9,14H,3-5H2,(H2,12,15). The molecule has 0 aromatic carbocycles. The Morgan fingerprint density at radius 1 is 1.62 bits per heavy atom. The molecule has 0 aliphatic carbocycles. The van der Waals surface area contributed by atoms with Crippen LogP contribution in [0.2, 0.25) is 0 Å². The van der Waals surface area contributed by atoms with Crippen molar-refractivity contribution in [1.29, 1.82) is 0 Å². The lowest BCUT2D eigenvalue weighted by molar-refractivity contribution is -0.121. The second kappa shape index (κ2) is 6.14. The second-order valence-electron chi connectivity index (χ2n) is 3.15. The first-order chi connectivity index (χ1) is 7.63. The minimum Gasteiger partial charge on any atom is -0.394 e. The van der Waals surface area contributed by atoms with E-state index in [-0.39, 0.29) is 19.6 Å². The molecule has 0 aliphatic heterocycles. The summed E-state index contributed by atoms with van der Waals surface area (Å²) in [4.78, 5) is 14.6. The highest BCUT2D eigenvalue weighted by molar-refractivity contribution is 5.74. The van der Waals surface area contributed by atoms with Crippen molar-refractivity contribution in [3.05, 3.63) is 29.8 Å². The molecule has 1 unspecified atom stereocenters. The first kappa shape index (κ1) is 12.5. The van der Waals surface area contributed by atoms with Crippen LogP contribution in [0.4, 0.5) is 4.39 Å². The highest BCUT2D eigenvalue weighted by atomic mass is 19.1. The lowest BCUT2D eigenvalue weighted by Crippen LogP contribution is -2.19. The van der Waals surface area contributed by atoms with Gasteiger partial charge in [-0.05, 0) is 12.1 Å². The van der Waals surface area contributed by atoms with Crippen LogP contribution in [0, 0.1) is 5.82 Å². The number of hydrogen-bond acceptors (Lipinski definition) is 4. The van der Waals surface area contributed by atoms with E-state index in [0.717, 1.165) is 6.20 Å². The van der Waals surface area contributed by atoms with Crippen LogP contribution in [0.1, 0.15) is 18.2 Å². The van der Waals surface area contributed by atoms with Gasteiger partial charge in [0.2, 0.25) is 5.91 Å². The highest BCUT2D eigenvalue weighted by Gasteiger charge is 2.16. The molecule has 3 N–H and O–H groups in total. The summed E-state index contributed by atoms with van der Waals surface area (Å²) in [5.74, 6) is -1.02. The Kier molecular flexibility index (Phi) is 4.81. The minimum absolute atomic E-state index is 0.0569. The molecule has 1 heterocycles. The Labute approximate surface area is 92.1 Å². The number of halogens is 1. The molecule has 88 valence electrons. The summed E-state index contributed by atoms with van der Waals surface area (Å²) < 4.78 is 17.8.